The number of imidazole rings is 1. The summed E-state index contributed by atoms with van der Waals surface area (Å²) < 4.78 is 2.10. The van der Waals surface area contributed by atoms with Crippen LogP contribution in [0.25, 0.3) is 0 Å². The standard InChI is InChI=1S/C14H24N2O2S/c1-9(2)12(10(3)4)7-16-6-11(5)15-14(16)19-8-13(17)18/h6,9-10,12H,7-8H2,1-5H3,(H,17,18). The van der Waals surface area contributed by atoms with E-state index in [9.17, 15) is 4.79 Å². The average Bonchev–Trinajstić information content (AvgIpc) is 2.62. The Balaban J connectivity index is 2.84. The van der Waals surface area contributed by atoms with E-state index in [1.54, 1.807) is 0 Å². The first-order valence-electron chi connectivity index (χ1n) is 6.69. The van der Waals surface area contributed by atoms with Gasteiger partial charge in [0.2, 0.25) is 0 Å². The highest BCUT2D eigenvalue weighted by molar-refractivity contribution is 7.99. The molecule has 0 radical (unpaired) electrons. The molecule has 4 nitrogen and oxygen atoms in total. The lowest BCUT2D eigenvalue weighted by Crippen LogP contribution is -2.22. The number of nitrogens with zero attached hydrogens (tertiary/aromatic N) is 2. The van der Waals surface area contributed by atoms with Crippen LogP contribution in [0.15, 0.2) is 11.4 Å². The average molecular weight is 284 g/mol. The third-order valence-corrected chi connectivity index (χ3v) is 4.28. The molecule has 19 heavy (non-hydrogen) atoms. The zero-order valence-electron chi connectivity index (χ0n) is 12.4. The van der Waals surface area contributed by atoms with Gasteiger partial charge in [-0.3, -0.25) is 4.79 Å². The number of carbonyl (C=O) groups is 1. The lowest BCUT2D eigenvalue weighted by molar-refractivity contribution is -0.133. The number of hydrogen-bond acceptors (Lipinski definition) is 3. The quantitative estimate of drug-likeness (QED) is 0.781. The lowest BCUT2D eigenvalue weighted by Gasteiger charge is -2.25. The predicted octanol–water partition coefficient (Wildman–Crippen LogP) is 3.30. The van der Waals surface area contributed by atoms with Gasteiger partial charge in [-0.1, -0.05) is 39.5 Å². The topological polar surface area (TPSA) is 55.1 Å². The van der Waals surface area contributed by atoms with Crippen molar-refractivity contribution in [1.82, 2.24) is 9.55 Å². The summed E-state index contributed by atoms with van der Waals surface area (Å²) in [5, 5.41) is 9.58. The highest BCUT2D eigenvalue weighted by Crippen LogP contribution is 2.26. The number of aliphatic carboxylic acids is 1. The van der Waals surface area contributed by atoms with Crippen LogP contribution >= 0.6 is 11.8 Å². The molecule has 0 amide bonds. The molecule has 0 spiro atoms. The largest absolute Gasteiger partial charge is 0.481 e. The fourth-order valence-electron chi connectivity index (χ4n) is 2.32. The minimum atomic E-state index is -0.804. The SMILES string of the molecule is Cc1cn(CC(C(C)C)C(C)C)c(SCC(=O)O)n1. The molecule has 0 aliphatic carbocycles. The van der Waals surface area contributed by atoms with E-state index in [-0.39, 0.29) is 5.75 Å². The van der Waals surface area contributed by atoms with Crippen LogP contribution < -0.4 is 0 Å². The summed E-state index contributed by atoms with van der Waals surface area (Å²) in [6.07, 6.45) is 2.02. The van der Waals surface area contributed by atoms with Crippen molar-refractivity contribution in [3.05, 3.63) is 11.9 Å². The summed E-state index contributed by atoms with van der Waals surface area (Å²) in [4.78, 5) is 15.1. The second-order valence-corrected chi connectivity index (χ2v) is 6.59. The van der Waals surface area contributed by atoms with Gasteiger partial charge in [-0.25, -0.2) is 4.98 Å². The molecule has 0 atom stereocenters. The number of hydrogen-bond donors (Lipinski definition) is 1. The first-order valence-corrected chi connectivity index (χ1v) is 7.68. The summed E-state index contributed by atoms with van der Waals surface area (Å²) in [6, 6.07) is 0. The number of thioether (sulfide) groups is 1. The fraction of sp³-hybridized carbons (Fsp3) is 0.714. The zero-order chi connectivity index (χ0) is 14.6. The van der Waals surface area contributed by atoms with Gasteiger partial charge in [0, 0.05) is 12.7 Å². The Hall–Kier alpha value is -0.970. The van der Waals surface area contributed by atoms with Gasteiger partial charge in [-0.05, 0) is 24.7 Å². The van der Waals surface area contributed by atoms with Crippen LogP contribution in [0, 0.1) is 24.7 Å². The molecule has 1 rings (SSSR count). The van der Waals surface area contributed by atoms with Gasteiger partial charge in [0.05, 0.1) is 11.4 Å². The molecule has 0 fully saturated rings. The minimum absolute atomic E-state index is 0.0600. The third kappa shape index (κ3) is 4.90. The van der Waals surface area contributed by atoms with Gasteiger partial charge >= 0.3 is 5.97 Å². The Morgan fingerprint density at radius 3 is 2.42 bits per heavy atom. The van der Waals surface area contributed by atoms with Crippen LogP contribution in [-0.4, -0.2) is 26.4 Å². The first-order chi connectivity index (χ1) is 8.81. The van der Waals surface area contributed by atoms with E-state index < -0.39 is 5.97 Å². The van der Waals surface area contributed by atoms with E-state index in [4.69, 9.17) is 5.11 Å². The molecule has 108 valence electrons. The third-order valence-electron chi connectivity index (χ3n) is 3.31. The van der Waals surface area contributed by atoms with Gasteiger partial charge in [0.25, 0.3) is 0 Å². The Morgan fingerprint density at radius 2 is 1.95 bits per heavy atom. The normalized spacial score (nSPS) is 11.8. The molecule has 1 aromatic rings. The summed E-state index contributed by atoms with van der Waals surface area (Å²) >= 11 is 1.29. The van der Waals surface area contributed by atoms with Crippen molar-refractivity contribution in [2.45, 2.75) is 46.3 Å². The molecule has 0 saturated carbocycles. The fourth-order valence-corrected chi connectivity index (χ4v) is 3.07. The van der Waals surface area contributed by atoms with E-state index in [0.29, 0.717) is 17.8 Å². The lowest BCUT2D eigenvalue weighted by atomic mass is 9.85. The molecule has 0 aliphatic rings. The van der Waals surface area contributed by atoms with Crippen molar-refractivity contribution >= 4 is 17.7 Å². The number of carboxylic acid groups (broad SMARTS) is 1. The second kappa shape index (κ2) is 6.98. The number of aryl methyl sites for hydroxylation is 1. The summed E-state index contributed by atoms with van der Waals surface area (Å²) in [6.45, 7) is 11.8. The van der Waals surface area contributed by atoms with Crippen molar-refractivity contribution in [2.24, 2.45) is 17.8 Å². The van der Waals surface area contributed by atoms with Gasteiger partial charge in [-0.2, -0.15) is 0 Å². The summed E-state index contributed by atoms with van der Waals surface area (Å²) in [7, 11) is 0. The van der Waals surface area contributed by atoms with Crippen LogP contribution in [0.1, 0.15) is 33.4 Å². The molecular formula is C14H24N2O2S. The Kier molecular flexibility index (Phi) is 5.91. The number of carboxylic acids is 1. The van der Waals surface area contributed by atoms with Gasteiger partial charge in [0.15, 0.2) is 5.16 Å². The smallest absolute Gasteiger partial charge is 0.313 e. The Bertz CT molecular complexity index is 419. The second-order valence-electron chi connectivity index (χ2n) is 5.65. The Morgan fingerprint density at radius 1 is 1.37 bits per heavy atom. The maximum Gasteiger partial charge on any atom is 0.313 e. The molecule has 0 unspecified atom stereocenters. The van der Waals surface area contributed by atoms with E-state index in [0.717, 1.165) is 17.4 Å². The maximum atomic E-state index is 10.7. The Labute approximate surface area is 119 Å². The van der Waals surface area contributed by atoms with Crippen molar-refractivity contribution in [3.8, 4) is 0 Å². The van der Waals surface area contributed by atoms with E-state index in [1.165, 1.54) is 11.8 Å². The number of aromatic nitrogens is 2. The van der Waals surface area contributed by atoms with Crippen LogP contribution in [0.5, 0.6) is 0 Å². The molecule has 1 aromatic heterocycles. The minimum Gasteiger partial charge on any atom is -0.481 e. The number of rotatable bonds is 7. The summed E-state index contributed by atoms with van der Waals surface area (Å²) in [5.74, 6) is 1.02. The van der Waals surface area contributed by atoms with Crippen molar-refractivity contribution in [2.75, 3.05) is 5.75 Å². The molecule has 5 heteroatoms. The predicted molar refractivity (Wildman–Crippen MR) is 78.5 cm³/mol. The van der Waals surface area contributed by atoms with Crippen molar-refractivity contribution < 1.29 is 9.90 Å². The van der Waals surface area contributed by atoms with Crippen molar-refractivity contribution in [3.63, 3.8) is 0 Å². The monoisotopic (exact) mass is 284 g/mol. The first kappa shape index (κ1) is 16.1. The van der Waals surface area contributed by atoms with Crippen molar-refractivity contribution in [1.29, 1.82) is 0 Å². The molecule has 0 saturated heterocycles. The van der Waals surface area contributed by atoms with Gasteiger partial charge in [0.1, 0.15) is 0 Å². The zero-order valence-corrected chi connectivity index (χ0v) is 13.2. The maximum absolute atomic E-state index is 10.7. The molecule has 0 bridgehead atoms. The van der Waals surface area contributed by atoms with Crippen LogP contribution in [0.2, 0.25) is 0 Å². The molecule has 1 heterocycles. The van der Waals surface area contributed by atoms with Gasteiger partial charge < -0.3 is 9.67 Å². The highest BCUT2D eigenvalue weighted by atomic mass is 32.2. The molecular weight excluding hydrogens is 260 g/mol. The van der Waals surface area contributed by atoms with Gasteiger partial charge in [-0.15, -0.1) is 0 Å². The van der Waals surface area contributed by atoms with E-state index >= 15 is 0 Å². The van der Waals surface area contributed by atoms with E-state index in [2.05, 4.69) is 37.2 Å². The van der Waals surface area contributed by atoms with E-state index in [1.807, 2.05) is 13.1 Å². The summed E-state index contributed by atoms with van der Waals surface area (Å²) in [5.41, 5.74) is 0.944. The molecule has 1 N–H and O–H groups in total. The van der Waals surface area contributed by atoms with Crippen LogP contribution in [-0.2, 0) is 11.3 Å². The van der Waals surface area contributed by atoms with Crippen LogP contribution in [0.4, 0.5) is 0 Å². The highest BCUT2D eigenvalue weighted by Gasteiger charge is 2.20. The molecule has 0 aromatic carbocycles. The molecule has 0 aliphatic heterocycles. The van der Waals surface area contributed by atoms with Crippen LogP contribution in [0.3, 0.4) is 0 Å².